The van der Waals surface area contributed by atoms with Crippen LogP contribution in [-0.4, -0.2) is 11.9 Å². The van der Waals surface area contributed by atoms with Gasteiger partial charge in [0.1, 0.15) is 5.82 Å². The second kappa shape index (κ2) is 4.68. The number of rotatable bonds is 1. The number of hydrogen-bond acceptors (Lipinski definition) is 4. The smallest absolute Gasteiger partial charge is 0.134 e. The van der Waals surface area contributed by atoms with Gasteiger partial charge in [0.2, 0.25) is 0 Å². The molecule has 22 heavy (non-hydrogen) atoms. The summed E-state index contributed by atoms with van der Waals surface area (Å²) in [5, 5.41) is 12.4. The molecule has 0 saturated heterocycles. The van der Waals surface area contributed by atoms with Crippen LogP contribution in [0.15, 0.2) is 66.8 Å². The molecule has 4 nitrogen and oxygen atoms in total. The van der Waals surface area contributed by atoms with Crippen molar-refractivity contribution in [3.63, 3.8) is 0 Å². The highest BCUT2D eigenvalue weighted by Crippen LogP contribution is 2.40. The monoisotopic (exact) mass is 286 g/mol. The summed E-state index contributed by atoms with van der Waals surface area (Å²) in [5.74, 6) is 1.07. The number of nitrogens with one attached hydrogen (secondary N) is 1. The van der Waals surface area contributed by atoms with E-state index >= 15 is 0 Å². The molecule has 0 spiro atoms. The number of para-hydroxylation sites is 2. The highest BCUT2D eigenvalue weighted by molar-refractivity contribution is 5.84. The van der Waals surface area contributed by atoms with E-state index in [1.165, 1.54) is 0 Å². The van der Waals surface area contributed by atoms with Crippen LogP contribution in [0.2, 0.25) is 0 Å². The van der Waals surface area contributed by atoms with Gasteiger partial charge in [-0.3, -0.25) is 4.90 Å². The topological polar surface area (TPSA) is 42.3 Å². The first-order chi connectivity index (χ1) is 10.8. The third kappa shape index (κ3) is 1.76. The van der Waals surface area contributed by atoms with Gasteiger partial charge in [-0.15, -0.1) is 0 Å². The summed E-state index contributed by atoms with van der Waals surface area (Å²) in [6, 6.07) is 18.1. The van der Waals surface area contributed by atoms with Crippen LogP contribution in [0.3, 0.4) is 0 Å². The van der Waals surface area contributed by atoms with E-state index in [-0.39, 0.29) is 0 Å². The van der Waals surface area contributed by atoms with Gasteiger partial charge in [0, 0.05) is 25.0 Å². The van der Waals surface area contributed by atoms with Crippen molar-refractivity contribution >= 4 is 17.1 Å². The minimum atomic E-state index is 0.671. The van der Waals surface area contributed by atoms with Crippen molar-refractivity contribution in [3.8, 4) is 6.07 Å². The zero-order chi connectivity index (χ0) is 15.1. The molecule has 0 unspecified atom stereocenters. The quantitative estimate of drug-likeness (QED) is 0.870. The van der Waals surface area contributed by atoms with Crippen LogP contribution in [0, 0.1) is 11.3 Å². The fourth-order valence-corrected chi connectivity index (χ4v) is 2.88. The summed E-state index contributed by atoms with van der Waals surface area (Å²) in [7, 11) is 2.03. The minimum absolute atomic E-state index is 0.671. The second-order valence-electron chi connectivity index (χ2n) is 5.30. The van der Waals surface area contributed by atoms with Crippen molar-refractivity contribution in [2.24, 2.45) is 0 Å². The van der Waals surface area contributed by atoms with E-state index in [0.717, 1.165) is 28.5 Å². The molecule has 2 aromatic rings. The summed E-state index contributed by atoms with van der Waals surface area (Å²) < 4.78 is 0. The normalized spacial score (nSPS) is 15.3. The fourth-order valence-electron chi connectivity index (χ4n) is 2.88. The zero-order valence-electron chi connectivity index (χ0n) is 12.1. The molecular formula is C18H14N4. The predicted molar refractivity (Wildman–Crippen MR) is 87.5 cm³/mol. The lowest BCUT2D eigenvalue weighted by Crippen LogP contribution is -2.25. The molecule has 0 radical (unpaired) electrons. The van der Waals surface area contributed by atoms with Crippen molar-refractivity contribution in [2.75, 3.05) is 17.3 Å². The third-order valence-electron chi connectivity index (χ3n) is 4.01. The van der Waals surface area contributed by atoms with E-state index in [9.17, 15) is 0 Å². The highest BCUT2D eigenvalue weighted by Gasteiger charge is 2.29. The molecule has 2 aliphatic heterocycles. The first-order valence-electron chi connectivity index (χ1n) is 7.09. The highest BCUT2D eigenvalue weighted by atomic mass is 15.4. The maximum atomic E-state index is 9.09. The summed E-state index contributed by atoms with van der Waals surface area (Å²) in [6.07, 6.45) is 4.11. The van der Waals surface area contributed by atoms with Gasteiger partial charge < -0.3 is 10.2 Å². The lowest BCUT2D eigenvalue weighted by Gasteiger charge is -2.29. The van der Waals surface area contributed by atoms with Crippen LogP contribution < -0.4 is 10.2 Å². The standard InChI is InChI=1S/C18H14N4/c1-21-17(14-6-4-5-13(9-14)10-19)12-22-16-8-3-2-7-15(16)20-11-18(21)22/h2-9,11-12,20H,1H3. The van der Waals surface area contributed by atoms with Crippen LogP contribution in [0.1, 0.15) is 11.1 Å². The van der Waals surface area contributed by atoms with Crippen LogP contribution >= 0.6 is 0 Å². The van der Waals surface area contributed by atoms with Crippen molar-refractivity contribution in [2.45, 2.75) is 0 Å². The van der Waals surface area contributed by atoms with Gasteiger partial charge in [0.05, 0.1) is 28.7 Å². The molecule has 2 heterocycles. The Balaban J connectivity index is 1.82. The van der Waals surface area contributed by atoms with Crippen LogP contribution in [0.25, 0.3) is 5.70 Å². The molecule has 1 N–H and O–H groups in total. The Morgan fingerprint density at radius 3 is 2.82 bits per heavy atom. The molecule has 2 aliphatic rings. The van der Waals surface area contributed by atoms with Crippen LogP contribution in [-0.2, 0) is 0 Å². The molecule has 0 amide bonds. The maximum absolute atomic E-state index is 9.09. The predicted octanol–water partition coefficient (Wildman–Crippen LogP) is 3.53. The van der Waals surface area contributed by atoms with Crippen molar-refractivity contribution < 1.29 is 0 Å². The molecule has 4 rings (SSSR count). The zero-order valence-corrected chi connectivity index (χ0v) is 12.1. The first kappa shape index (κ1) is 12.5. The van der Waals surface area contributed by atoms with Crippen molar-refractivity contribution in [1.29, 1.82) is 5.26 Å². The summed E-state index contributed by atoms with van der Waals surface area (Å²) in [4.78, 5) is 4.29. The fraction of sp³-hybridized carbons (Fsp3) is 0.0556. The second-order valence-corrected chi connectivity index (χ2v) is 5.30. The molecule has 0 saturated carbocycles. The lowest BCUT2D eigenvalue weighted by molar-refractivity contribution is 0.605. The van der Waals surface area contributed by atoms with Gasteiger partial charge >= 0.3 is 0 Å². The molecule has 0 aliphatic carbocycles. The van der Waals surface area contributed by atoms with E-state index in [1.807, 2.05) is 49.6 Å². The minimum Gasteiger partial charge on any atom is -0.357 e. The maximum Gasteiger partial charge on any atom is 0.134 e. The molecule has 106 valence electrons. The van der Waals surface area contributed by atoms with E-state index in [1.54, 1.807) is 0 Å². The number of fused-ring (bicyclic) bond motifs is 3. The Kier molecular flexibility index (Phi) is 2.67. The Morgan fingerprint density at radius 2 is 1.95 bits per heavy atom. The van der Waals surface area contributed by atoms with Crippen molar-refractivity contribution in [3.05, 3.63) is 77.9 Å². The van der Waals surface area contributed by atoms with E-state index in [4.69, 9.17) is 5.26 Å². The van der Waals surface area contributed by atoms with Gasteiger partial charge in [-0.25, -0.2) is 0 Å². The van der Waals surface area contributed by atoms with Gasteiger partial charge in [-0.2, -0.15) is 5.26 Å². The molecule has 4 heteroatoms. The Hall–Kier alpha value is -3.19. The number of benzene rings is 2. The lowest BCUT2D eigenvalue weighted by atomic mass is 10.1. The molecule has 0 fully saturated rings. The first-order valence-corrected chi connectivity index (χ1v) is 7.09. The summed E-state index contributed by atoms with van der Waals surface area (Å²) in [5.41, 5.74) is 4.99. The SMILES string of the molecule is CN1C(c2cccc(C#N)c2)=CN2C1=CNc1ccccc12. The van der Waals surface area contributed by atoms with E-state index in [2.05, 4.69) is 39.5 Å². The van der Waals surface area contributed by atoms with E-state index < -0.39 is 0 Å². The van der Waals surface area contributed by atoms with Gasteiger partial charge in [0.15, 0.2) is 0 Å². The van der Waals surface area contributed by atoms with Gasteiger partial charge in [-0.05, 0) is 24.3 Å². The number of anilines is 2. The molecule has 0 atom stereocenters. The molecule has 0 aromatic heterocycles. The van der Waals surface area contributed by atoms with Gasteiger partial charge in [0.25, 0.3) is 0 Å². The average Bonchev–Trinajstić information content (AvgIpc) is 2.92. The van der Waals surface area contributed by atoms with Gasteiger partial charge in [-0.1, -0.05) is 24.3 Å². The Morgan fingerprint density at radius 1 is 1.09 bits per heavy atom. The Bertz CT molecular complexity index is 857. The average molecular weight is 286 g/mol. The molecule has 0 bridgehead atoms. The molecule has 2 aromatic carbocycles. The Labute approximate surface area is 129 Å². The largest absolute Gasteiger partial charge is 0.357 e. The molecular weight excluding hydrogens is 272 g/mol. The number of nitrogens with zero attached hydrogens (tertiary/aromatic N) is 3. The van der Waals surface area contributed by atoms with Crippen LogP contribution in [0.4, 0.5) is 11.4 Å². The number of nitriles is 1. The van der Waals surface area contributed by atoms with Crippen LogP contribution in [0.5, 0.6) is 0 Å². The summed E-state index contributed by atoms with van der Waals surface area (Å²) >= 11 is 0. The number of hydrogen-bond donors (Lipinski definition) is 1. The van der Waals surface area contributed by atoms with Crippen molar-refractivity contribution in [1.82, 2.24) is 4.90 Å². The third-order valence-corrected chi connectivity index (χ3v) is 4.01. The summed E-state index contributed by atoms with van der Waals surface area (Å²) in [6.45, 7) is 0. The van der Waals surface area contributed by atoms with E-state index in [0.29, 0.717) is 5.56 Å².